The Morgan fingerprint density at radius 1 is 1.32 bits per heavy atom. The van der Waals surface area contributed by atoms with E-state index in [9.17, 15) is 9.59 Å². The Morgan fingerprint density at radius 3 is 2.81 bits per heavy atom. The van der Waals surface area contributed by atoms with Crippen molar-refractivity contribution in [3.05, 3.63) is 70.1 Å². The number of thioether (sulfide) groups is 1. The third-order valence-corrected chi connectivity index (χ3v) is 7.09. The van der Waals surface area contributed by atoms with Crippen LogP contribution < -0.4 is 5.56 Å². The van der Waals surface area contributed by atoms with Crippen LogP contribution >= 0.6 is 23.1 Å². The monoisotopic (exact) mass is 453 g/mol. The van der Waals surface area contributed by atoms with Gasteiger partial charge in [0.15, 0.2) is 0 Å². The fourth-order valence-corrected chi connectivity index (χ4v) is 5.15. The summed E-state index contributed by atoms with van der Waals surface area (Å²) in [5.74, 6) is 1.87. The minimum absolute atomic E-state index is 0.0129. The molecule has 31 heavy (non-hydrogen) atoms. The van der Waals surface area contributed by atoms with Crippen LogP contribution in [0.25, 0.3) is 21.3 Å². The number of aryl methyl sites for hydroxylation is 1. The molecule has 7 nitrogen and oxygen atoms in total. The third-order valence-electron chi connectivity index (χ3n) is 5.07. The van der Waals surface area contributed by atoms with Crippen molar-refractivity contribution >= 4 is 39.2 Å². The highest BCUT2D eigenvalue weighted by molar-refractivity contribution is 7.99. The molecule has 0 radical (unpaired) electrons. The molecule has 0 fully saturated rings. The van der Waals surface area contributed by atoms with Crippen molar-refractivity contribution in [1.82, 2.24) is 24.4 Å². The Bertz CT molecular complexity index is 1260. The van der Waals surface area contributed by atoms with Crippen LogP contribution in [-0.4, -0.2) is 42.6 Å². The minimum Gasteiger partial charge on any atom is -0.337 e. The Labute approximate surface area is 188 Å². The number of fused-ring (bicyclic) bond motifs is 1. The van der Waals surface area contributed by atoms with E-state index in [0.29, 0.717) is 28.3 Å². The van der Waals surface area contributed by atoms with Gasteiger partial charge in [0.25, 0.3) is 5.56 Å². The van der Waals surface area contributed by atoms with Crippen molar-refractivity contribution in [1.29, 1.82) is 0 Å². The summed E-state index contributed by atoms with van der Waals surface area (Å²) in [6.07, 6.45) is 3.58. The van der Waals surface area contributed by atoms with Gasteiger partial charge in [0.2, 0.25) is 5.91 Å². The number of thiophene rings is 1. The molecule has 9 heteroatoms. The molecule has 1 N–H and O–H groups in total. The van der Waals surface area contributed by atoms with Gasteiger partial charge in [-0.05, 0) is 12.5 Å². The predicted octanol–water partition coefficient (Wildman–Crippen LogP) is 3.67. The number of hydrogen-bond acceptors (Lipinski definition) is 6. The standard InChI is InChI=1S/C22H23N5O2S2/c1-14(22(29)27(3)11-18-23-9-10-26(18)2)30-13-17-24-20(28)19-16(12-31-21(19)25-17)15-7-5-4-6-8-15/h4-10,12,14H,11,13H2,1-3H3,(H,24,25,28)/t14-/m0/s1. The van der Waals surface area contributed by atoms with Gasteiger partial charge in [0.1, 0.15) is 16.5 Å². The highest BCUT2D eigenvalue weighted by Crippen LogP contribution is 2.30. The summed E-state index contributed by atoms with van der Waals surface area (Å²) in [5, 5.41) is 2.32. The molecular formula is C22H23N5O2S2. The molecule has 4 aromatic rings. The molecule has 160 valence electrons. The number of carbonyl (C=O) groups is 1. The maximum atomic E-state index is 12.8. The average Bonchev–Trinajstić information content (AvgIpc) is 3.38. The molecule has 0 saturated carbocycles. The number of H-pyrrole nitrogens is 1. The van der Waals surface area contributed by atoms with E-state index in [-0.39, 0.29) is 16.7 Å². The summed E-state index contributed by atoms with van der Waals surface area (Å²) in [6.45, 7) is 2.32. The number of aromatic amines is 1. The number of benzene rings is 1. The lowest BCUT2D eigenvalue weighted by Gasteiger charge is -2.20. The first kappa shape index (κ1) is 21.3. The molecule has 0 aliphatic heterocycles. The zero-order chi connectivity index (χ0) is 22.0. The van der Waals surface area contributed by atoms with E-state index in [1.165, 1.54) is 23.1 Å². The number of rotatable bonds is 7. The lowest BCUT2D eigenvalue weighted by Crippen LogP contribution is -2.33. The van der Waals surface area contributed by atoms with Gasteiger partial charge < -0.3 is 14.5 Å². The van der Waals surface area contributed by atoms with Gasteiger partial charge in [-0.1, -0.05) is 30.3 Å². The van der Waals surface area contributed by atoms with Crippen LogP contribution in [0.15, 0.2) is 52.9 Å². The van der Waals surface area contributed by atoms with Crippen LogP contribution in [-0.2, 0) is 24.1 Å². The minimum atomic E-state index is -0.269. The van der Waals surface area contributed by atoms with Gasteiger partial charge >= 0.3 is 0 Å². The summed E-state index contributed by atoms with van der Waals surface area (Å²) in [5.41, 5.74) is 1.75. The van der Waals surface area contributed by atoms with E-state index < -0.39 is 0 Å². The number of nitrogens with zero attached hydrogens (tertiary/aromatic N) is 4. The molecule has 1 atom stereocenters. The number of carbonyl (C=O) groups excluding carboxylic acids is 1. The number of imidazole rings is 1. The average molecular weight is 454 g/mol. The second-order valence-corrected chi connectivity index (χ2v) is 9.50. The zero-order valence-electron chi connectivity index (χ0n) is 17.5. The highest BCUT2D eigenvalue weighted by atomic mass is 32.2. The van der Waals surface area contributed by atoms with Crippen molar-refractivity contribution < 1.29 is 4.79 Å². The van der Waals surface area contributed by atoms with Crippen LogP contribution in [0.5, 0.6) is 0 Å². The van der Waals surface area contributed by atoms with Crippen molar-refractivity contribution in [2.75, 3.05) is 7.05 Å². The van der Waals surface area contributed by atoms with Crippen LogP contribution in [0.2, 0.25) is 0 Å². The number of nitrogens with one attached hydrogen (secondary N) is 1. The Balaban J connectivity index is 1.45. The number of aromatic nitrogens is 4. The largest absolute Gasteiger partial charge is 0.337 e. The maximum Gasteiger partial charge on any atom is 0.260 e. The smallest absolute Gasteiger partial charge is 0.260 e. The fraction of sp³-hybridized carbons (Fsp3) is 0.273. The number of amides is 1. The topological polar surface area (TPSA) is 83.9 Å². The van der Waals surface area contributed by atoms with Gasteiger partial charge in [0.05, 0.1) is 22.9 Å². The zero-order valence-corrected chi connectivity index (χ0v) is 19.2. The van der Waals surface area contributed by atoms with E-state index in [0.717, 1.165) is 17.0 Å². The van der Waals surface area contributed by atoms with E-state index in [1.54, 1.807) is 18.1 Å². The maximum absolute atomic E-state index is 12.8. The number of hydrogen-bond donors (Lipinski definition) is 1. The van der Waals surface area contributed by atoms with Gasteiger partial charge in [0, 0.05) is 37.4 Å². The van der Waals surface area contributed by atoms with Crippen LogP contribution in [0.4, 0.5) is 0 Å². The summed E-state index contributed by atoms with van der Waals surface area (Å²) in [6, 6.07) is 9.83. The van der Waals surface area contributed by atoms with Gasteiger partial charge in [-0.3, -0.25) is 9.59 Å². The molecule has 0 saturated heterocycles. The molecule has 0 unspecified atom stereocenters. The molecule has 0 spiro atoms. The van der Waals surface area contributed by atoms with Crippen molar-refractivity contribution in [2.45, 2.75) is 24.5 Å². The lowest BCUT2D eigenvalue weighted by atomic mass is 10.1. The van der Waals surface area contributed by atoms with Crippen molar-refractivity contribution in [3.8, 4) is 11.1 Å². The van der Waals surface area contributed by atoms with Crippen LogP contribution in [0, 0.1) is 0 Å². The molecule has 0 aliphatic rings. The van der Waals surface area contributed by atoms with E-state index in [2.05, 4.69) is 15.0 Å². The highest BCUT2D eigenvalue weighted by Gasteiger charge is 2.20. The first-order valence-electron chi connectivity index (χ1n) is 9.82. The molecule has 1 aromatic carbocycles. The molecular weight excluding hydrogens is 430 g/mol. The van der Waals surface area contributed by atoms with E-state index >= 15 is 0 Å². The molecule has 3 aromatic heterocycles. The summed E-state index contributed by atoms with van der Waals surface area (Å²) in [7, 11) is 3.68. The Kier molecular flexibility index (Phi) is 6.24. The first-order chi connectivity index (χ1) is 14.9. The van der Waals surface area contributed by atoms with Crippen molar-refractivity contribution in [2.24, 2.45) is 7.05 Å². The van der Waals surface area contributed by atoms with Gasteiger partial charge in [-0.25, -0.2) is 9.97 Å². The van der Waals surface area contributed by atoms with E-state index in [1.807, 2.05) is 60.4 Å². The molecule has 1 amide bonds. The third kappa shape index (κ3) is 4.57. The SMILES string of the molecule is C[C@H](SCc1nc2scc(-c3ccccc3)c2c(=O)[nH]1)C(=O)N(C)Cc1nccn1C. The molecule has 3 heterocycles. The lowest BCUT2D eigenvalue weighted by molar-refractivity contribution is -0.129. The summed E-state index contributed by atoms with van der Waals surface area (Å²) in [4.78, 5) is 39.7. The first-order valence-corrected chi connectivity index (χ1v) is 11.8. The van der Waals surface area contributed by atoms with Gasteiger partial charge in [-0.15, -0.1) is 23.1 Å². The predicted molar refractivity (Wildman–Crippen MR) is 126 cm³/mol. The molecule has 0 bridgehead atoms. The van der Waals surface area contributed by atoms with Crippen LogP contribution in [0.3, 0.4) is 0 Å². The van der Waals surface area contributed by atoms with E-state index in [4.69, 9.17) is 0 Å². The normalized spacial score (nSPS) is 12.2. The second kappa shape index (κ2) is 9.07. The molecule has 4 rings (SSSR count). The summed E-state index contributed by atoms with van der Waals surface area (Å²) >= 11 is 2.92. The Morgan fingerprint density at radius 2 is 2.10 bits per heavy atom. The Hall–Kier alpha value is -2.91. The molecule has 0 aliphatic carbocycles. The van der Waals surface area contributed by atoms with Gasteiger partial charge in [-0.2, -0.15) is 0 Å². The quantitative estimate of drug-likeness (QED) is 0.462. The van der Waals surface area contributed by atoms with Crippen LogP contribution in [0.1, 0.15) is 18.6 Å². The van der Waals surface area contributed by atoms with Crippen molar-refractivity contribution in [3.63, 3.8) is 0 Å². The second-order valence-electron chi connectivity index (χ2n) is 7.31. The summed E-state index contributed by atoms with van der Waals surface area (Å²) < 4.78 is 1.90. The fourth-order valence-electron chi connectivity index (χ4n) is 3.32.